The van der Waals surface area contributed by atoms with Gasteiger partial charge in [-0.2, -0.15) is 0 Å². The molecule has 0 radical (unpaired) electrons. The van der Waals surface area contributed by atoms with Gasteiger partial charge in [-0.15, -0.1) is 0 Å². The van der Waals surface area contributed by atoms with E-state index in [1.807, 2.05) is 39.4 Å². The zero-order chi connectivity index (χ0) is 55.0. The van der Waals surface area contributed by atoms with E-state index in [0.29, 0.717) is 23.9 Å². The predicted molar refractivity (Wildman–Crippen MR) is 320 cm³/mol. The van der Waals surface area contributed by atoms with E-state index < -0.39 is 32.5 Å². The highest BCUT2D eigenvalue weighted by molar-refractivity contribution is 7.45. The quantitative estimate of drug-likeness (QED) is 0.0212. The maximum Gasteiger partial charge on any atom is 0.306 e. The monoisotopic (exact) mass is 1060 g/mol. The lowest BCUT2D eigenvalue weighted by atomic mass is 10.1. The van der Waals surface area contributed by atoms with E-state index in [1.54, 1.807) is 6.08 Å². The number of hydrogen-bond donors (Lipinski definition) is 1. The highest BCUT2D eigenvalue weighted by Gasteiger charge is 2.27. The number of phosphoric acid groups is 1. The molecule has 0 saturated heterocycles. The van der Waals surface area contributed by atoms with Crippen molar-refractivity contribution in [3.05, 3.63) is 146 Å². The van der Waals surface area contributed by atoms with E-state index in [2.05, 4.69) is 148 Å². The Labute approximate surface area is 459 Å². The molecule has 0 aliphatic heterocycles. The normalized spacial score (nSPS) is 14.8. The molecule has 0 aliphatic carbocycles. The average Bonchev–Trinajstić information content (AvgIpc) is 3.37. The number of esters is 1. The van der Waals surface area contributed by atoms with Crippen molar-refractivity contribution in [2.75, 3.05) is 40.9 Å². The standard InChI is InChI=1S/C65H107N2O7P/c1-7-10-13-16-19-22-25-27-29-31-33-35-37-39-42-45-48-51-54-57-64(68)66-62(61-73-75(70,71)72-60-59-67(4,5)6)63(56-53-50-47-44-41-24-21-18-15-12-9-3)74-65(69)58-55-52-49-46-43-40-38-36-34-32-30-28-26-23-20-17-14-11-8-2/h10-11,13-14,19-20,22-23,27-30,33-36,39-40,42-43,49,52-53,56,62-63H,7-9,12,15-18,21,24-26,31-32,37-38,41,44-48,50-51,54-55,57-61H2,1-6H3,(H-,66,68,70,71)/b13-10-,14-11-,22-19-,23-20-,29-27-,30-28-,35-33-,36-34-,42-39-,43-40-,52-49-,56-53+. The Morgan fingerprint density at radius 2 is 0.867 bits per heavy atom. The van der Waals surface area contributed by atoms with Crippen LogP contribution in [0.25, 0.3) is 0 Å². The van der Waals surface area contributed by atoms with Gasteiger partial charge in [0.25, 0.3) is 7.82 Å². The van der Waals surface area contributed by atoms with E-state index in [-0.39, 0.29) is 25.4 Å². The maximum atomic E-state index is 13.5. The Kier molecular flexibility index (Phi) is 50.4. The summed E-state index contributed by atoms with van der Waals surface area (Å²) in [6.07, 6.45) is 76.9. The molecule has 0 aromatic heterocycles. The van der Waals surface area contributed by atoms with Crippen LogP contribution >= 0.6 is 7.82 Å². The number of carbonyl (C=O) groups excluding carboxylic acids is 2. The highest BCUT2D eigenvalue weighted by atomic mass is 31.2. The van der Waals surface area contributed by atoms with Crippen LogP contribution in [0.4, 0.5) is 0 Å². The van der Waals surface area contributed by atoms with Gasteiger partial charge in [0.2, 0.25) is 5.91 Å². The van der Waals surface area contributed by atoms with Gasteiger partial charge in [0.15, 0.2) is 0 Å². The largest absolute Gasteiger partial charge is 0.756 e. The molecule has 424 valence electrons. The Hall–Kier alpha value is -4.11. The molecule has 0 spiro atoms. The van der Waals surface area contributed by atoms with Crippen LogP contribution in [0.2, 0.25) is 0 Å². The third-order valence-electron chi connectivity index (χ3n) is 11.8. The molecule has 1 amide bonds. The second kappa shape index (κ2) is 53.3. The number of hydrogen-bond acceptors (Lipinski definition) is 7. The molecule has 10 heteroatoms. The number of quaternary nitrogens is 1. The topological polar surface area (TPSA) is 114 Å². The van der Waals surface area contributed by atoms with Crippen LogP contribution in [0.5, 0.6) is 0 Å². The van der Waals surface area contributed by atoms with Gasteiger partial charge in [0.05, 0.1) is 33.8 Å². The van der Waals surface area contributed by atoms with Gasteiger partial charge in [0, 0.05) is 12.8 Å². The van der Waals surface area contributed by atoms with Gasteiger partial charge in [-0.25, -0.2) is 0 Å². The number of ether oxygens (including phenoxy) is 1. The summed E-state index contributed by atoms with van der Waals surface area (Å²) in [6.45, 7) is 6.50. The van der Waals surface area contributed by atoms with E-state index in [4.69, 9.17) is 13.8 Å². The van der Waals surface area contributed by atoms with E-state index in [0.717, 1.165) is 109 Å². The lowest BCUT2D eigenvalue weighted by Crippen LogP contribution is -2.47. The number of carbonyl (C=O) groups is 2. The minimum absolute atomic E-state index is 0.0490. The molecule has 0 heterocycles. The number of nitrogens with zero attached hydrogens (tertiary/aromatic N) is 1. The third-order valence-corrected chi connectivity index (χ3v) is 12.7. The molecule has 0 aromatic carbocycles. The smallest absolute Gasteiger partial charge is 0.306 e. The summed E-state index contributed by atoms with van der Waals surface area (Å²) < 4.78 is 30.1. The zero-order valence-electron chi connectivity index (χ0n) is 48.2. The molecule has 0 bridgehead atoms. The second-order valence-corrected chi connectivity index (χ2v) is 21.4. The fourth-order valence-corrected chi connectivity index (χ4v) is 8.06. The van der Waals surface area contributed by atoms with Crippen LogP contribution in [0, 0.1) is 0 Å². The third kappa shape index (κ3) is 54.5. The van der Waals surface area contributed by atoms with E-state index in [1.165, 1.54) is 44.9 Å². The van der Waals surface area contributed by atoms with Gasteiger partial charge in [-0.05, 0) is 115 Å². The summed E-state index contributed by atoms with van der Waals surface area (Å²) in [5.41, 5.74) is 0. The zero-order valence-corrected chi connectivity index (χ0v) is 49.1. The number of rotatable bonds is 50. The number of nitrogens with one attached hydrogen (secondary N) is 1. The van der Waals surface area contributed by atoms with Crippen LogP contribution in [0.3, 0.4) is 0 Å². The first-order valence-electron chi connectivity index (χ1n) is 29.1. The van der Waals surface area contributed by atoms with E-state index >= 15 is 0 Å². The molecule has 0 aromatic rings. The van der Waals surface area contributed by atoms with Gasteiger partial charge >= 0.3 is 5.97 Å². The summed E-state index contributed by atoms with van der Waals surface area (Å²) in [5.74, 6) is -0.692. The first kappa shape index (κ1) is 70.9. The van der Waals surface area contributed by atoms with E-state index in [9.17, 15) is 19.0 Å². The fourth-order valence-electron chi connectivity index (χ4n) is 7.34. The lowest BCUT2D eigenvalue weighted by molar-refractivity contribution is -0.870. The van der Waals surface area contributed by atoms with Crippen molar-refractivity contribution in [1.29, 1.82) is 0 Å². The Balaban J connectivity index is 5.49. The highest BCUT2D eigenvalue weighted by Crippen LogP contribution is 2.38. The molecule has 0 saturated carbocycles. The van der Waals surface area contributed by atoms with Crippen molar-refractivity contribution in [2.24, 2.45) is 0 Å². The summed E-state index contributed by atoms with van der Waals surface area (Å²) in [6, 6.07) is -0.947. The van der Waals surface area contributed by atoms with Crippen LogP contribution in [0.1, 0.15) is 201 Å². The number of unbranched alkanes of at least 4 members (excludes halogenated alkanes) is 12. The molecule has 0 aliphatic rings. The van der Waals surface area contributed by atoms with Crippen LogP contribution in [-0.4, -0.2) is 69.4 Å². The molecule has 1 N–H and O–H groups in total. The summed E-state index contributed by atoms with van der Waals surface area (Å²) >= 11 is 0. The second-order valence-electron chi connectivity index (χ2n) is 20.0. The van der Waals surface area contributed by atoms with Crippen LogP contribution < -0.4 is 10.2 Å². The number of likely N-dealkylation sites (N-methyl/N-ethyl adjacent to an activating group) is 1. The Bertz CT molecular complexity index is 1790. The van der Waals surface area contributed by atoms with Crippen molar-refractivity contribution in [3.63, 3.8) is 0 Å². The molecule has 9 nitrogen and oxygen atoms in total. The van der Waals surface area contributed by atoms with Gasteiger partial charge in [-0.1, -0.05) is 218 Å². The molecule has 0 fully saturated rings. The lowest BCUT2D eigenvalue weighted by Gasteiger charge is -2.30. The van der Waals surface area contributed by atoms with Crippen molar-refractivity contribution in [3.8, 4) is 0 Å². The molecule has 3 unspecified atom stereocenters. The van der Waals surface area contributed by atoms with Crippen LogP contribution in [0.15, 0.2) is 146 Å². The maximum absolute atomic E-state index is 13.5. The summed E-state index contributed by atoms with van der Waals surface area (Å²) in [5, 5.41) is 2.98. The number of allylic oxidation sites excluding steroid dienone is 23. The SMILES string of the molecule is CC/C=C\C/C=C\C/C=C\C/C=C\C/C=C\C/C=C\CCC(=O)OC(/C=C/CCCCCCCCCCC)C(COP(=O)([O-])OCC[N+](C)(C)C)NC(=O)CCCCC/C=C\C/C=C\C/C=C\C/C=C\C/C=C\CC. The molecule has 75 heavy (non-hydrogen) atoms. The number of phosphoric ester groups is 1. The minimum Gasteiger partial charge on any atom is -0.756 e. The Morgan fingerprint density at radius 3 is 1.31 bits per heavy atom. The average molecular weight is 1060 g/mol. The molecular formula is C65H107N2O7P. The minimum atomic E-state index is -4.73. The van der Waals surface area contributed by atoms with Crippen molar-refractivity contribution >= 4 is 19.7 Å². The van der Waals surface area contributed by atoms with Crippen molar-refractivity contribution in [1.82, 2.24) is 5.32 Å². The van der Waals surface area contributed by atoms with Crippen LogP contribution in [-0.2, 0) is 27.9 Å². The van der Waals surface area contributed by atoms with Gasteiger partial charge in [-0.3, -0.25) is 14.2 Å². The number of amides is 1. The Morgan fingerprint density at radius 1 is 0.480 bits per heavy atom. The predicted octanol–water partition coefficient (Wildman–Crippen LogP) is 17.2. The van der Waals surface area contributed by atoms with Gasteiger partial charge < -0.3 is 28.5 Å². The summed E-state index contributed by atoms with van der Waals surface area (Å²) in [4.78, 5) is 39.8. The first-order chi connectivity index (χ1) is 36.4. The fraction of sp³-hybridized carbons (Fsp3) is 0.600. The van der Waals surface area contributed by atoms with Crippen molar-refractivity contribution < 1.29 is 37.3 Å². The first-order valence-corrected chi connectivity index (χ1v) is 30.6. The van der Waals surface area contributed by atoms with Gasteiger partial charge in [0.1, 0.15) is 19.3 Å². The molecule has 3 atom stereocenters. The molecular weight excluding hydrogens is 952 g/mol. The van der Waals surface area contributed by atoms with Crippen molar-refractivity contribution in [2.45, 2.75) is 213 Å². The molecule has 0 rings (SSSR count). The summed E-state index contributed by atoms with van der Waals surface area (Å²) in [7, 11) is 1.10.